The first-order chi connectivity index (χ1) is 10.6. The minimum Gasteiger partial charge on any atom is -0.444 e. The summed E-state index contributed by atoms with van der Waals surface area (Å²) in [5.41, 5.74) is 0.392. The lowest BCUT2D eigenvalue weighted by Crippen LogP contribution is -2.38. The van der Waals surface area contributed by atoms with E-state index in [1.807, 2.05) is 39.0 Å². The Morgan fingerprint density at radius 3 is 2.52 bits per heavy atom. The van der Waals surface area contributed by atoms with Crippen molar-refractivity contribution in [2.24, 2.45) is 11.8 Å². The molecule has 0 spiro atoms. The molecule has 0 aliphatic carbocycles. The highest BCUT2D eigenvalue weighted by Gasteiger charge is 2.19. The third kappa shape index (κ3) is 7.93. The van der Waals surface area contributed by atoms with Crippen LogP contribution in [0.3, 0.4) is 0 Å². The quantitative estimate of drug-likeness (QED) is 0.674. The van der Waals surface area contributed by atoms with E-state index >= 15 is 0 Å². The smallest absolute Gasteiger partial charge is 0.407 e. The molecule has 4 nitrogen and oxygen atoms in total. The van der Waals surface area contributed by atoms with Gasteiger partial charge in [0, 0.05) is 17.6 Å². The van der Waals surface area contributed by atoms with Gasteiger partial charge in [-0.05, 0) is 50.8 Å². The van der Waals surface area contributed by atoms with Crippen LogP contribution in [-0.4, -0.2) is 24.8 Å². The Bertz CT molecular complexity index is 530. The van der Waals surface area contributed by atoms with E-state index in [0.29, 0.717) is 24.0 Å². The molecule has 0 aromatic heterocycles. The van der Waals surface area contributed by atoms with Gasteiger partial charge in [-0.1, -0.05) is 41.4 Å². The van der Waals surface area contributed by atoms with Crippen molar-refractivity contribution in [1.29, 1.82) is 0 Å². The van der Waals surface area contributed by atoms with E-state index in [9.17, 15) is 4.79 Å². The van der Waals surface area contributed by atoms with Crippen LogP contribution in [0.2, 0.25) is 5.02 Å². The van der Waals surface area contributed by atoms with Gasteiger partial charge in [-0.3, -0.25) is 0 Å². The maximum absolute atomic E-state index is 11.8. The summed E-state index contributed by atoms with van der Waals surface area (Å²) in [6.07, 6.45) is -0.386. The number of ether oxygens (including phenoxy) is 1. The summed E-state index contributed by atoms with van der Waals surface area (Å²) in [5.74, 6) is 0.668. The van der Waals surface area contributed by atoms with Crippen molar-refractivity contribution in [3.8, 4) is 0 Å². The highest BCUT2D eigenvalue weighted by molar-refractivity contribution is 9.10. The molecule has 0 saturated carbocycles. The van der Waals surface area contributed by atoms with Crippen LogP contribution in [0.25, 0.3) is 0 Å². The van der Waals surface area contributed by atoms with E-state index in [4.69, 9.17) is 16.3 Å². The molecule has 1 aromatic carbocycles. The Balaban J connectivity index is 2.56. The predicted molar refractivity (Wildman–Crippen MR) is 100 cm³/mol. The van der Waals surface area contributed by atoms with E-state index in [1.165, 1.54) is 0 Å². The zero-order chi connectivity index (χ0) is 17.6. The molecule has 1 rings (SSSR count). The first-order valence-corrected chi connectivity index (χ1v) is 8.91. The minimum atomic E-state index is -0.487. The summed E-state index contributed by atoms with van der Waals surface area (Å²) in [6.45, 7) is 11.1. The Hall–Kier alpha value is -0.940. The van der Waals surface area contributed by atoms with Crippen LogP contribution >= 0.6 is 27.5 Å². The van der Waals surface area contributed by atoms with Gasteiger partial charge in [-0.25, -0.2) is 4.79 Å². The molecule has 1 amide bonds. The van der Waals surface area contributed by atoms with Crippen molar-refractivity contribution < 1.29 is 9.53 Å². The summed E-state index contributed by atoms with van der Waals surface area (Å²) < 4.78 is 6.24. The van der Waals surface area contributed by atoms with Crippen molar-refractivity contribution in [2.75, 3.05) is 18.4 Å². The fraction of sp³-hybridized carbons (Fsp3) is 0.588. The van der Waals surface area contributed by atoms with E-state index in [1.54, 1.807) is 0 Å². The molecule has 1 unspecified atom stereocenters. The molecule has 0 heterocycles. The third-order valence-corrected chi connectivity index (χ3v) is 4.16. The molecule has 1 atom stereocenters. The summed E-state index contributed by atoms with van der Waals surface area (Å²) in [5, 5.41) is 6.87. The zero-order valence-electron chi connectivity index (χ0n) is 14.4. The number of halogens is 2. The van der Waals surface area contributed by atoms with E-state index in [2.05, 4.69) is 40.4 Å². The molecule has 0 bridgehead atoms. The molecule has 1 aromatic rings. The monoisotopic (exact) mass is 404 g/mol. The van der Waals surface area contributed by atoms with E-state index < -0.39 is 5.60 Å². The van der Waals surface area contributed by atoms with Crippen molar-refractivity contribution >= 4 is 39.3 Å². The number of carbonyl (C=O) groups is 1. The Labute approximate surface area is 152 Å². The Morgan fingerprint density at radius 1 is 1.30 bits per heavy atom. The van der Waals surface area contributed by atoms with Crippen LogP contribution in [0.5, 0.6) is 0 Å². The Morgan fingerprint density at radius 2 is 1.96 bits per heavy atom. The normalized spacial score (nSPS) is 12.9. The number of anilines is 1. The molecule has 2 N–H and O–H groups in total. The summed E-state index contributed by atoms with van der Waals surface area (Å²) in [6, 6.07) is 5.69. The van der Waals surface area contributed by atoms with Gasteiger partial charge >= 0.3 is 6.09 Å². The largest absolute Gasteiger partial charge is 0.444 e. The van der Waals surface area contributed by atoms with Gasteiger partial charge in [0.1, 0.15) is 5.60 Å². The molecular formula is C17H26BrClN2O2. The molecule has 0 fully saturated rings. The lowest BCUT2D eigenvalue weighted by atomic mass is 9.95. The van der Waals surface area contributed by atoms with E-state index in [0.717, 1.165) is 10.2 Å². The summed E-state index contributed by atoms with van der Waals surface area (Å²) in [7, 11) is 0. The number of nitrogens with one attached hydrogen (secondary N) is 2. The van der Waals surface area contributed by atoms with Crippen LogP contribution in [0.1, 0.15) is 34.6 Å². The second-order valence-electron chi connectivity index (χ2n) is 6.89. The molecule has 6 heteroatoms. The van der Waals surface area contributed by atoms with Crippen LogP contribution in [0.4, 0.5) is 10.5 Å². The van der Waals surface area contributed by atoms with Gasteiger partial charge in [0.2, 0.25) is 0 Å². The van der Waals surface area contributed by atoms with E-state index in [-0.39, 0.29) is 12.0 Å². The van der Waals surface area contributed by atoms with Gasteiger partial charge < -0.3 is 15.4 Å². The summed E-state index contributed by atoms with van der Waals surface area (Å²) >= 11 is 9.62. The first-order valence-electron chi connectivity index (χ1n) is 7.74. The second kappa shape index (κ2) is 8.78. The fourth-order valence-electron chi connectivity index (χ4n) is 1.95. The Kier molecular flexibility index (Phi) is 7.68. The number of benzene rings is 1. The van der Waals surface area contributed by atoms with Crippen LogP contribution < -0.4 is 10.6 Å². The molecule has 23 heavy (non-hydrogen) atoms. The third-order valence-electron chi connectivity index (χ3n) is 3.33. The lowest BCUT2D eigenvalue weighted by Gasteiger charge is -2.24. The van der Waals surface area contributed by atoms with Gasteiger partial charge in [0.05, 0.1) is 10.7 Å². The molecule has 0 aliphatic heterocycles. The molecule has 130 valence electrons. The van der Waals surface area contributed by atoms with Crippen molar-refractivity contribution in [3.05, 3.63) is 27.7 Å². The topological polar surface area (TPSA) is 50.4 Å². The highest BCUT2D eigenvalue weighted by atomic mass is 79.9. The average Bonchev–Trinajstić information content (AvgIpc) is 2.40. The van der Waals surface area contributed by atoms with Crippen LogP contribution in [-0.2, 0) is 4.74 Å². The maximum atomic E-state index is 11.8. The first kappa shape index (κ1) is 20.1. The molecule has 0 radical (unpaired) electrons. The highest BCUT2D eigenvalue weighted by Crippen LogP contribution is 2.26. The van der Waals surface area contributed by atoms with Gasteiger partial charge in [-0.2, -0.15) is 0 Å². The van der Waals surface area contributed by atoms with Crippen LogP contribution in [0, 0.1) is 11.8 Å². The predicted octanol–water partition coefficient (Wildman–Crippen LogP) is 5.31. The standard InChI is InChI=1S/C17H26BrClN2O2/c1-11(2)12(10-21-16(22)23-17(3,4)5)9-20-15-8-13(18)6-7-14(15)19/h6-8,11-12,20H,9-10H2,1-5H3,(H,21,22). The maximum Gasteiger partial charge on any atom is 0.407 e. The van der Waals surface area contributed by atoms with Gasteiger partial charge in [-0.15, -0.1) is 0 Å². The summed E-state index contributed by atoms with van der Waals surface area (Å²) in [4.78, 5) is 11.8. The number of amides is 1. The number of hydrogen-bond donors (Lipinski definition) is 2. The van der Waals surface area contributed by atoms with Gasteiger partial charge in [0.15, 0.2) is 0 Å². The fourth-order valence-corrected chi connectivity index (χ4v) is 2.49. The minimum absolute atomic E-state index is 0.262. The average molecular weight is 406 g/mol. The molecule has 0 saturated heterocycles. The lowest BCUT2D eigenvalue weighted by molar-refractivity contribution is 0.0516. The van der Waals surface area contributed by atoms with Crippen LogP contribution in [0.15, 0.2) is 22.7 Å². The van der Waals surface area contributed by atoms with Gasteiger partial charge in [0.25, 0.3) is 0 Å². The number of alkyl carbamates (subject to hydrolysis) is 1. The second-order valence-corrected chi connectivity index (χ2v) is 8.21. The molecular weight excluding hydrogens is 380 g/mol. The molecule has 0 aliphatic rings. The number of carbonyl (C=O) groups excluding carboxylic acids is 1. The van der Waals surface area contributed by atoms with Crippen molar-refractivity contribution in [2.45, 2.75) is 40.2 Å². The van der Waals surface area contributed by atoms with Crippen molar-refractivity contribution in [3.63, 3.8) is 0 Å². The SMILES string of the molecule is CC(C)C(CNC(=O)OC(C)(C)C)CNc1cc(Br)ccc1Cl. The zero-order valence-corrected chi connectivity index (χ0v) is 16.7. The number of rotatable bonds is 6. The number of hydrogen-bond acceptors (Lipinski definition) is 3. The van der Waals surface area contributed by atoms with Crippen molar-refractivity contribution in [1.82, 2.24) is 5.32 Å².